The summed E-state index contributed by atoms with van der Waals surface area (Å²) in [6, 6.07) is 2.10. The Balaban J connectivity index is 1.54. The third-order valence-electron chi connectivity index (χ3n) is 4.68. The van der Waals surface area contributed by atoms with Crippen LogP contribution in [0.2, 0.25) is 0 Å². The third kappa shape index (κ3) is 4.63. The number of hydrogen-bond donors (Lipinski definition) is 1. The molecule has 1 N–H and O–H groups in total. The van der Waals surface area contributed by atoms with Crippen LogP contribution in [-0.4, -0.2) is 78.8 Å². The zero-order valence-corrected chi connectivity index (χ0v) is 15.1. The first-order chi connectivity index (χ1) is 12.7. The van der Waals surface area contributed by atoms with Gasteiger partial charge in [0.1, 0.15) is 0 Å². The second-order valence-electron chi connectivity index (χ2n) is 6.47. The van der Waals surface area contributed by atoms with Gasteiger partial charge in [-0.2, -0.15) is 0 Å². The van der Waals surface area contributed by atoms with E-state index in [-0.39, 0.29) is 18.0 Å². The van der Waals surface area contributed by atoms with E-state index >= 15 is 0 Å². The van der Waals surface area contributed by atoms with Crippen molar-refractivity contribution >= 4 is 17.7 Å². The Morgan fingerprint density at radius 2 is 1.92 bits per heavy atom. The summed E-state index contributed by atoms with van der Waals surface area (Å²) in [6.07, 6.45) is 4.76. The Kier molecular flexibility index (Phi) is 6.27. The van der Waals surface area contributed by atoms with E-state index in [1.807, 2.05) is 13.0 Å². The molecule has 2 amide bonds. The lowest BCUT2D eigenvalue weighted by Gasteiger charge is -2.32. The van der Waals surface area contributed by atoms with Crippen molar-refractivity contribution in [3.63, 3.8) is 0 Å². The number of likely N-dealkylation sites (tertiary alicyclic amines) is 1. The molecule has 2 aliphatic rings. The molecule has 2 fully saturated rings. The largest absolute Gasteiger partial charge is 0.450 e. The molecule has 0 aliphatic carbocycles. The number of aromatic nitrogens is 1. The summed E-state index contributed by atoms with van der Waals surface area (Å²) < 4.78 is 10.3. The molecule has 0 radical (unpaired) electrons. The summed E-state index contributed by atoms with van der Waals surface area (Å²) in [5.41, 5.74) is 1.42. The lowest BCUT2D eigenvalue weighted by Crippen LogP contribution is -2.42. The predicted molar refractivity (Wildman–Crippen MR) is 96.2 cm³/mol. The second-order valence-corrected chi connectivity index (χ2v) is 6.47. The monoisotopic (exact) mass is 362 g/mol. The number of carbonyl (C=O) groups excluding carboxylic acids is 2. The van der Waals surface area contributed by atoms with Crippen LogP contribution in [0.1, 0.15) is 30.1 Å². The lowest BCUT2D eigenvalue weighted by molar-refractivity contribution is 0.0302. The van der Waals surface area contributed by atoms with Crippen molar-refractivity contribution in [1.82, 2.24) is 14.8 Å². The second kappa shape index (κ2) is 8.84. The number of nitrogens with zero attached hydrogens (tertiary/aromatic N) is 3. The average molecular weight is 362 g/mol. The van der Waals surface area contributed by atoms with E-state index < -0.39 is 0 Å². The topological polar surface area (TPSA) is 84.0 Å². The number of ether oxygens (including phenoxy) is 2. The number of morpholine rings is 1. The molecule has 0 aromatic carbocycles. The lowest BCUT2D eigenvalue weighted by atomic mass is 10.0. The number of hydrogen-bond acceptors (Lipinski definition) is 6. The van der Waals surface area contributed by atoms with Crippen LogP contribution in [0.3, 0.4) is 0 Å². The Hall–Kier alpha value is -2.35. The van der Waals surface area contributed by atoms with Crippen molar-refractivity contribution in [2.45, 2.75) is 25.8 Å². The molecule has 0 saturated carbocycles. The van der Waals surface area contributed by atoms with Gasteiger partial charge in [0.15, 0.2) is 0 Å². The van der Waals surface area contributed by atoms with Gasteiger partial charge in [0.05, 0.1) is 31.1 Å². The molecule has 2 aliphatic heterocycles. The molecule has 2 saturated heterocycles. The van der Waals surface area contributed by atoms with Gasteiger partial charge in [-0.1, -0.05) is 0 Å². The summed E-state index contributed by atoms with van der Waals surface area (Å²) in [7, 11) is 0. The van der Waals surface area contributed by atoms with Crippen molar-refractivity contribution in [3.05, 3.63) is 24.0 Å². The van der Waals surface area contributed by atoms with Crippen molar-refractivity contribution in [1.29, 1.82) is 0 Å². The summed E-state index contributed by atoms with van der Waals surface area (Å²) >= 11 is 0. The minimum Gasteiger partial charge on any atom is -0.450 e. The molecule has 8 nitrogen and oxygen atoms in total. The maximum Gasteiger partial charge on any atom is 0.409 e. The van der Waals surface area contributed by atoms with Gasteiger partial charge in [-0.05, 0) is 25.8 Å². The van der Waals surface area contributed by atoms with Crippen LogP contribution in [0, 0.1) is 0 Å². The minimum atomic E-state index is -0.245. The summed E-state index contributed by atoms with van der Waals surface area (Å²) in [6.45, 7) is 5.92. The predicted octanol–water partition coefficient (Wildman–Crippen LogP) is 1.59. The van der Waals surface area contributed by atoms with Crippen LogP contribution in [-0.2, 0) is 9.47 Å². The van der Waals surface area contributed by atoms with Crippen molar-refractivity contribution < 1.29 is 19.1 Å². The van der Waals surface area contributed by atoms with Crippen LogP contribution in [0.25, 0.3) is 0 Å². The normalized spacial score (nSPS) is 18.5. The highest BCUT2D eigenvalue weighted by atomic mass is 16.6. The Labute approximate surface area is 153 Å². The molecule has 0 atom stereocenters. The highest BCUT2D eigenvalue weighted by Crippen LogP contribution is 2.18. The van der Waals surface area contributed by atoms with Crippen molar-refractivity contribution in [3.8, 4) is 0 Å². The first-order valence-electron chi connectivity index (χ1n) is 9.17. The van der Waals surface area contributed by atoms with Gasteiger partial charge in [-0.15, -0.1) is 0 Å². The van der Waals surface area contributed by atoms with E-state index in [2.05, 4.69) is 10.3 Å². The van der Waals surface area contributed by atoms with Gasteiger partial charge in [0, 0.05) is 44.6 Å². The number of carbonyl (C=O) groups is 2. The van der Waals surface area contributed by atoms with Gasteiger partial charge in [0.25, 0.3) is 5.91 Å². The van der Waals surface area contributed by atoms with Gasteiger partial charge < -0.3 is 24.6 Å². The first-order valence-corrected chi connectivity index (χ1v) is 9.17. The standard InChI is InChI=1S/C18H26N4O4/c1-2-26-18(24)22-5-3-15(4-6-22)20-16-11-14(12-19-13-16)17(23)21-7-9-25-10-8-21/h11-13,15,20H,2-10H2,1H3. The SMILES string of the molecule is CCOC(=O)N1CCC(Nc2cncc(C(=O)N3CCOCC3)c2)CC1. The molecular weight excluding hydrogens is 336 g/mol. The number of pyridine rings is 1. The molecule has 26 heavy (non-hydrogen) atoms. The molecule has 8 heteroatoms. The Morgan fingerprint density at radius 1 is 1.19 bits per heavy atom. The van der Waals surface area contributed by atoms with E-state index in [1.165, 1.54) is 0 Å². The van der Waals surface area contributed by atoms with E-state index in [0.717, 1.165) is 18.5 Å². The maximum absolute atomic E-state index is 12.6. The number of piperidine rings is 1. The van der Waals surface area contributed by atoms with Gasteiger partial charge >= 0.3 is 6.09 Å². The fraction of sp³-hybridized carbons (Fsp3) is 0.611. The summed E-state index contributed by atoms with van der Waals surface area (Å²) in [5.74, 6) is -0.0124. The summed E-state index contributed by atoms with van der Waals surface area (Å²) in [4.78, 5) is 32.1. The van der Waals surface area contributed by atoms with Crippen molar-refractivity contribution in [2.24, 2.45) is 0 Å². The molecular formula is C18H26N4O4. The molecule has 142 valence electrons. The highest BCUT2D eigenvalue weighted by molar-refractivity contribution is 5.94. The molecule has 0 unspecified atom stereocenters. The van der Waals surface area contributed by atoms with E-state index in [1.54, 1.807) is 22.2 Å². The van der Waals surface area contributed by atoms with Crippen LogP contribution in [0.4, 0.5) is 10.5 Å². The Morgan fingerprint density at radius 3 is 2.62 bits per heavy atom. The Bertz CT molecular complexity index is 625. The first kappa shape index (κ1) is 18.4. The van der Waals surface area contributed by atoms with Gasteiger partial charge in [-0.25, -0.2) is 4.79 Å². The third-order valence-corrected chi connectivity index (χ3v) is 4.68. The molecule has 3 heterocycles. The fourth-order valence-electron chi connectivity index (χ4n) is 3.24. The van der Waals surface area contributed by atoms with Crippen LogP contribution in [0.5, 0.6) is 0 Å². The van der Waals surface area contributed by atoms with Gasteiger partial charge in [-0.3, -0.25) is 9.78 Å². The number of nitrogens with one attached hydrogen (secondary N) is 1. The van der Waals surface area contributed by atoms with Crippen molar-refractivity contribution in [2.75, 3.05) is 51.3 Å². The number of anilines is 1. The van der Waals surface area contributed by atoms with Crippen LogP contribution in [0.15, 0.2) is 18.5 Å². The smallest absolute Gasteiger partial charge is 0.409 e. The van der Waals surface area contributed by atoms with Gasteiger partial charge in [0.2, 0.25) is 0 Å². The quantitative estimate of drug-likeness (QED) is 0.876. The number of rotatable bonds is 4. The minimum absolute atomic E-state index is 0.0124. The fourth-order valence-corrected chi connectivity index (χ4v) is 3.24. The highest BCUT2D eigenvalue weighted by Gasteiger charge is 2.24. The maximum atomic E-state index is 12.6. The molecule has 3 rings (SSSR count). The van der Waals surface area contributed by atoms with E-state index in [0.29, 0.717) is 51.6 Å². The van der Waals surface area contributed by atoms with Crippen LogP contribution < -0.4 is 5.32 Å². The molecule has 1 aromatic heterocycles. The van der Waals surface area contributed by atoms with Crippen LogP contribution >= 0.6 is 0 Å². The van der Waals surface area contributed by atoms with E-state index in [4.69, 9.17) is 9.47 Å². The molecule has 0 spiro atoms. The number of amides is 2. The average Bonchev–Trinajstić information content (AvgIpc) is 2.69. The zero-order valence-electron chi connectivity index (χ0n) is 15.1. The molecule has 0 bridgehead atoms. The zero-order chi connectivity index (χ0) is 18.4. The molecule has 1 aromatic rings. The summed E-state index contributed by atoms with van der Waals surface area (Å²) in [5, 5.41) is 3.43. The van der Waals surface area contributed by atoms with E-state index in [9.17, 15) is 9.59 Å².